The summed E-state index contributed by atoms with van der Waals surface area (Å²) in [7, 11) is 0. The molecular formula is C13H16F2O. The van der Waals surface area contributed by atoms with Crippen LogP contribution in [0.4, 0.5) is 8.78 Å². The summed E-state index contributed by atoms with van der Waals surface area (Å²) in [6, 6.07) is 3.18. The monoisotopic (exact) mass is 226 g/mol. The molecule has 1 rings (SSSR count). The number of ketones is 1. The second-order valence-corrected chi connectivity index (χ2v) is 4.57. The Morgan fingerprint density at radius 3 is 2.50 bits per heavy atom. The van der Waals surface area contributed by atoms with Crippen molar-refractivity contribution in [3.05, 3.63) is 35.4 Å². The Kier molecular flexibility index (Phi) is 3.79. The summed E-state index contributed by atoms with van der Waals surface area (Å²) in [5.74, 6) is -1.11. The Morgan fingerprint density at radius 2 is 1.94 bits per heavy atom. The summed E-state index contributed by atoms with van der Waals surface area (Å²) in [5.41, 5.74) is -0.356. The third kappa shape index (κ3) is 2.87. The molecular weight excluding hydrogens is 210 g/mol. The molecule has 0 bridgehead atoms. The highest BCUT2D eigenvalue weighted by atomic mass is 19.1. The summed E-state index contributed by atoms with van der Waals surface area (Å²) in [6.07, 6.45) is 0.632. The molecule has 0 spiro atoms. The summed E-state index contributed by atoms with van der Waals surface area (Å²) >= 11 is 0. The SMILES string of the molecule is CCC(C)(C)C(=O)Cc1cc(F)ccc1F. The quantitative estimate of drug-likeness (QED) is 0.767. The van der Waals surface area contributed by atoms with Gasteiger partial charge in [-0.15, -0.1) is 0 Å². The molecule has 0 saturated carbocycles. The molecule has 0 N–H and O–H groups in total. The Balaban J connectivity index is 2.89. The van der Waals surface area contributed by atoms with Crippen molar-refractivity contribution in [3.63, 3.8) is 0 Å². The van der Waals surface area contributed by atoms with E-state index in [0.29, 0.717) is 6.42 Å². The van der Waals surface area contributed by atoms with Crippen LogP contribution >= 0.6 is 0 Å². The fourth-order valence-corrected chi connectivity index (χ4v) is 1.29. The zero-order valence-corrected chi connectivity index (χ0v) is 9.81. The molecule has 0 atom stereocenters. The van der Waals surface area contributed by atoms with Gasteiger partial charge in [0.1, 0.15) is 17.4 Å². The molecule has 3 heteroatoms. The fourth-order valence-electron chi connectivity index (χ4n) is 1.29. The maximum Gasteiger partial charge on any atom is 0.142 e. The van der Waals surface area contributed by atoms with Gasteiger partial charge in [0.2, 0.25) is 0 Å². The minimum atomic E-state index is -0.526. The van der Waals surface area contributed by atoms with E-state index in [-0.39, 0.29) is 17.8 Å². The topological polar surface area (TPSA) is 17.1 Å². The van der Waals surface area contributed by atoms with E-state index in [2.05, 4.69) is 0 Å². The Morgan fingerprint density at radius 1 is 1.31 bits per heavy atom. The molecule has 0 saturated heterocycles. The highest BCUT2D eigenvalue weighted by molar-refractivity contribution is 5.86. The molecule has 1 aromatic rings. The Labute approximate surface area is 94.5 Å². The average molecular weight is 226 g/mol. The lowest BCUT2D eigenvalue weighted by Gasteiger charge is -2.20. The molecule has 88 valence electrons. The van der Waals surface area contributed by atoms with Gasteiger partial charge < -0.3 is 0 Å². The zero-order valence-electron chi connectivity index (χ0n) is 9.81. The van der Waals surface area contributed by atoms with Crippen LogP contribution in [0.25, 0.3) is 0 Å². The van der Waals surface area contributed by atoms with E-state index in [0.717, 1.165) is 18.2 Å². The van der Waals surface area contributed by atoms with E-state index in [1.807, 2.05) is 20.8 Å². The van der Waals surface area contributed by atoms with Crippen LogP contribution in [0.5, 0.6) is 0 Å². The van der Waals surface area contributed by atoms with Gasteiger partial charge in [0.05, 0.1) is 0 Å². The van der Waals surface area contributed by atoms with Crippen LogP contribution in [0.15, 0.2) is 18.2 Å². The van der Waals surface area contributed by atoms with E-state index >= 15 is 0 Å². The van der Waals surface area contributed by atoms with Crippen LogP contribution in [-0.4, -0.2) is 5.78 Å². The van der Waals surface area contributed by atoms with Crippen molar-refractivity contribution in [1.82, 2.24) is 0 Å². The number of carbonyl (C=O) groups excluding carboxylic acids is 1. The first-order valence-corrected chi connectivity index (χ1v) is 5.34. The Hall–Kier alpha value is -1.25. The first kappa shape index (κ1) is 12.8. The number of benzene rings is 1. The normalized spacial score (nSPS) is 11.6. The predicted octanol–water partition coefficient (Wildman–Crippen LogP) is 3.51. The second-order valence-electron chi connectivity index (χ2n) is 4.57. The molecule has 0 unspecified atom stereocenters. The van der Waals surface area contributed by atoms with Crippen LogP contribution in [0, 0.1) is 17.0 Å². The van der Waals surface area contributed by atoms with Crippen LogP contribution in [0.2, 0.25) is 0 Å². The molecule has 0 heterocycles. The number of rotatable bonds is 4. The molecule has 0 amide bonds. The van der Waals surface area contributed by atoms with Crippen molar-refractivity contribution in [3.8, 4) is 0 Å². The lowest BCUT2D eigenvalue weighted by molar-refractivity contribution is -0.126. The van der Waals surface area contributed by atoms with E-state index in [4.69, 9.17) is 0 Å². The van der Waals surface area contributed by atoms with Crippen molar-refractivity contribution in [2.75, 3.05) is 0 Å². The molecule has 0 aliphatic rings. The van der Waals surface area contributed by atoms with E-state index in [1.54, 1.807) is 0 Å². The van der Waals surface area contributed by atoms with Gasteiger partial charge in [-0.05, 0) is 30.2 Å². The van der Waals surface area contributed by atoms with Gasteiger partial charge in [-0.1, -0.05) is 20.8 Å². The molecule has 0 fully saturated rings. The van der Waals surface area contributed by atoms with Crippen molar-refractivity contribution in [2.45, 2.75) is 33.6 Å². The first-order valence-electron chi connectivity index (χ1n) is 5.34. The van der Waals surface area contributed by atoms with E-state index in [9.17, 15) is 13.6 Å². The molecule has 1 aromatic carbocycles. The molecule has 0 aliphatic heterocycles. The van der Waals surface area contributed by atoms with E-state index in [1.165, 1.54) is 0 Å². The highest BCUT2D eigenvalue weighted by Crippen LogP contribution is 2.24. The lowest BCUT2D eigenvalue weighted by Crippen LogP contribution is -2.25. The standard InChI is InChI=1S/C13H16F2O/c1-4-13(2,3)12(16)8-9-7-10(14)5-6-11(9)15/h5-7H,4,8H2,1-3H3. The van der Waals surface area contributed by atoms with Crippen LogP contribution in [0.1, 0.15) is 32.8 Å². The third-order valence-corrected chi connectivity index (χ3v) is 3.00. The van der Waals surface area contributed by atoms with Gasteiger partial charge in [0.25, 0.3) is 0 Å². The molecule has 1 nitrogen and oxygen atoms in total. The van der Waals surface area contributed by atoms with Crippen molar-refractivity contribution < 1.29 is 13.6 Å². The fraction of sp³-hybridized carbons (Fsp3) is 0.462. The summed E-state index contributed by atoms with van der Waals surface area (Å²) in [4.78, 5) is 11.8. The van der Waals surface area contributed by atoms with Gasteiger partial charge in [0.15, 0.2) is 0 Å². The largest absolute Gasteiger partial charge is 0.299 e. The third-order valence-electron chi connectivity index (χ3n) is 3.00. The zero-order chi connectivity index (χ0) is 12.3. The first-order chi connectivity index (χ1) is 7.36. The van der Waals surface area contributed by atoms with Gasteiger partial charge in [0, 0.05) is 11.8 Å². The van der Waals surface area contributed by atoms with Crippen molar-refractivity contribution >= 4 is 5.78 Å². The van der Waals surface area contributed by atoms with E-state index < -0.39 is 17.0 Å². The molecule has 16 heavy (non-hydrogen) atoms. The van der Waals surface area contributed by atoms with Crippen LogP contribution in [0.3, 0.4) is 0 Å². The van der Waals surface area contributed by atoms with Gasteiger partial charge in [-0.25, -0.2) is 8.78 Å². The van der Waals surface area contributed by atoms with Crippen molar-refractivity contribution in [2.24, 2.45) is 5.41 Å². The Bertz CT molecular complexity index is 397. The van der Waals surface area contributed by atoms with Crippen LogP contribution in [-0.2, 0) is 11.2 Å². The van der Waals surface area contributed by atoms with Crippen LogP contribution < -0.4 is 0 Å². The second kappa shape index (κ2) is 4.73. The minimum Gasteiger partial charge on any atom is -0.299 e. The number of hydrogen-bond acceptors (Lipinski definition) is 1. The highest BCUT2D eigenvalue weighted by Gasteiger charge is 2.25. The number of carbonyl (C=O) groups is 1. The maximum atomic E-state index is 13.3. The number of halogens is 2. The predicted molar refractivity (Wildman–Crippen MR) is 59.1 cm³/mol. The minimum absolute atomic E-state index is 0.0512. The maximum absolute atomic E-state index is 13.3. The van der Waals surface area contributed by atoms with Crippen molar-refractivity contribution in [1.29, 1.82) is 0 Å². The molecule has 0 radical (unpaired) electrons. The summed E-state index contributed by atoms with van der Waals surface area (Å²) < 4.78 is 26.2. The van der Waals surface area contributed by atoms with Gasteiger partial charge >= 0.3 is 0 Å². The van der Waals surface area contributed by atoms with Gasteiger partial charge in [-0.3, -0.25) is 4.79 Å². The molecule has 0 aromatic heterocycles. The smallest absolute Gasteiger partial charge is 0.142 e. The number of Topliss-reactive ketones (excluding diaryl/α,β-unsaturated/α-hetero) is 1. The average Bonchev–Trinajstić information content (AvgIpc) is 2.23. The summed E-state index contributed by atoms with van der Waals surface area (Å²) in [5, 5.41) is 0. The lowest BCUT2D eigenvalue weighted by atomic mass is 9.82. The number of hydrogen-bond donors (Lipinski definition) is 0. The van der Waals surface area contributed by atoms with Gasteiger partial charge in [-0.2, -0.15) is 0 Å². The molecule has 0 aliphatic carbocycles. The summed E-state index contributed by atoms with van der Waals surface area (Å²) in [6.45, 7) is 5.53.